The number of imidazole rings is 1. The van der Waals surface area contributed by atoms with Crippen molar-refractivity contribution in [3.05, 3.63) is 143 Å². The number of fused-ring (bicyclic) bond motifs is 2. The number of nitrogens with zero attached hydrogens (tertiary/aromatic N) is 2. The van der Waals surface area contributed by atoms with Crippen molar-refractivity contribution in [3.63, 3.8) is 0 Å². The normalized spacial score (nSPS) is 12.7. The van der Waals surface area contributed by atoms with Crippen LogP contribution in [0.15, 0.2) is 109 Å². The minimum Gasteiger partial charge on any atom is -0.478 e. The quantitative estimate of drug-likeness (QED) is 0.211. The summed E-state index contributed by atoms with van der Waals surface area (Å²) in [6.45, 7) is 3.90. The van der Waals surface area contributed by atoms with E-state index in [4.69, 9.17) is 4.98 Å². The van der Waals surface area contributed by atoms with Crippen LogP contribution >= 0.6 is 0 Å². The van der Waals surface area contributed by atoms with E-state index in [-0.39, 0.29) is 23.2 Å². The van der Waals surface area contributed by atoms with Gasteiger partial charge in [-0.1, -0.05) is 73.7 Å². The zero-order chi connectivity index (χ0) is 29.4. The first-order valence-electron chi connectivity index (χ1n) is 13.7. The molecule has 6 aromatic rings. The fraction of sp³-hybridized carbons (Fsp3) is 0.114. The highest BCUT2D eigenvalue weighted by atomic mass is 19.1. The Balaban J connectivity index is 1.43. The second kappa shape index (κ2) is 10.9. The summed E-state index contributed by atoms with van der Waals surface area (Å²) in [5.74, 6) is -1.14. The Hall–Kier alpha value is -5.30. The highest BCUT2D eigenvalue weighted by Gasteiger charge is 2.22. The smallest absolute Gasteiger partial charge is 0.335 e. The molecule has 0 saturated heterocycles. The van der Waals surface area contributed by atoms with Gasteiger partial charge in [0.05, 0.1) is 23.3 Å². The molecule has 2 atom stereocenters. The molecular weight excluding hydrogens is 529 g/mol. The summed E-state index contributed by atoms with van der Waals surface area (Å²) in [6, 6.07) is 30.4. The van der Waals surface area contributed by atoms with Gasteiger partial charge < -0.3 is 10.4 Å². The third-order valence-electron chi connectivity index (χ3n) is 7.71. The SMILES string of the molecule is C[C@@H](c1ccc2ccccc2c1)c1ncc2cc(-c3cccc(F)c3)cc(C(=O)N[C@@H](C)c3ccc(C(=O)O)cc3)n12. The molecule has 0 fully saturated rings. The zero-order valence-corrected chi connectivity index (χ0v) is 23.1. The molecule has 6 rings (SSSR count). The molecule has 0 radical (unpaired) electrons. The number of nitrogens with one attached hydrogen (secondary N) is 1. The topological polar surface area (TPSA) is 83.7 Å². The second-order valence-corrected chi connectivity index (χ2v) is 10.5. The minimum absolute atomic E-state index is 0.135. The Morgan fingerprint density at radius 3 is 2.29 bits per heavy atom. The molecule has 0 unspecified atom stereocenters. The number of rotatable bonds is 7. The van der Waals surface area contributed by atoms with E-state index in [1.807, 2.05) is 29.5 Å². The number of hydrogen-bond acceptors (Lipinski definition) is 3. The van der Waals surface area contributed by atoms with Gasteiger partial charge in [-0.15, -0.1) is 0 Å². The Kier molecular flexibility index (Phi) is 7.00. The van der Waals surface area contributed by atoms with Crippen molar-refractivity contribution in [2.75, 3.05) is 0 Å². The first-order chi connectivity index (χ1) is 20.3. The lowest BCUT2D eigenvalue weighted by molar-refractivity contribution is 0.0696. The van der Waals surface area contributed by atoms with Crippen LogP contribution in [0.4, 0.5) is 4.39 Å². The van der Waals surface area contributed by atoms with E-state index in [2.05, 4.69) is 42.6 Å². The highest BCUT2D eigenvalue weighted by Crippen LogP contribution is 2.31. The van der Waals surface area contributed by atoms with Crippen molar-refractivity contribution < 1.29 is 19.1 Å². The van der Waals surface area contributed by atoms with Crippen LogP contribution in [0.3, 0.4) is 0 Å². The number of amides is 1. The fourth-order valence-electron chi connectivity index (χ4n) is 5.36. The van der Waals surface area contributed by atoms with Crippen molar-refractivity contribution in [1.29, 1.82) is 0 Å². The van der Waals surface area contributed by atoms with Crippen LogP contribution in [-0.2, 0) is 0 Å². The maximum absolute atomic E-state index is 14.1. The van der Waals surface area contributed by atoms with Crippen molar-refractivity contribution in [2.24, 2.45) is 0 Å². The van der Waals surface area contributed by atoms with Gasteiger partial charge >= 0.3 is 5.97 Å². The number of aromatic carboxylic acids is 1. The van der Waals surface area contributed by atoms with Gasteiger partial charge in [0.15, 0.2) is 0 Å². The molecule has 1 amide bonds. The number of benzene rings is 4. The Labute approximate surface area is 242 Å². The van der Waals surface area contributed by atoms with Crippen molar-refractivity contribution in [1.82, 2.24) is 14.7 Å². The van der Waals surface area contributed by atoms with E-state index >= 15 is 0 Å². The molecule has 4 aromatic carbocycles. The lowest BCUT2D eigenvalue weighted by Crippen LogP contribution is -2.29. The molecule has 42 heavy (non-hydrogen) atoms. The lowest BCUT2D eigenvalue weighted by Gasteiger charge is -2.19. The van der Waals surface area contributed by atoms with Gasteiger partial charge in [-0.2, -0.15) is 0 Å². The van der Waals surface area contributed by atoms with Gasteiger partial charge in [0.1, 0.15) is 17.3 Å². The van der Waals surface area contributed by atoms with E-state index in [9.17, 15) is 19.1 Å². The highest BCUT2D eigenvalue weighted by molar-refractivity contribution is 5.95. The Morgan fingerprint density at radius 2 is 1.55 bits per heavy atom. The minimum atomic E-state index is -1.01. The molecule has 2 heterocycles. The van der Waals surface area contributed by atoms with Crippen LogP contribution < -0.4 is 5.32 Å². The summed E-state index contributed by atoms with van der Waals surface area (Å²) in [6.07, 6.45) is 1.74. The maximum Gasteiger partial charge on any atom is 0.335 e. The number of carbonyl (C=O) groups excluding carboxylic acids is 1. The zero-order valence-electron chi connectivity index (χ0n) is 23.1. The Morgan fingerprint density at radius 1 is 0.810 bits per heavy atom. The predicted molar refractivity (Wildman–Crippen MR) is 161 cm³/mol. The molecule has 0 spiro atoms. The van der Waals surface area contributed by atoms with Crippen LogP contribution in [-0.4, -0.2) is 26.4 Å². The van der Waals surface area contributed by atoms with Crippen LogP contribution in [0.25, 0.3) is 27.4 Å². The third-order valence-corrected chi connectivity index (χ3v) is 7.71. The number of pyridine rings is 1. The third kappa shape index (κ3) is 5.12. The standard InChI is InChI=1S/C35H28FN3O3/c1-21(26-15-12-24-6-3-4-7-27(24)16-26)33-37-20-31-18-29(28-8-5-9-30(36)17-28)19-32(39(31)33)34(40)38-22(2)23-10-13-25(14-11-23)35(41)42/h3-22H,1-2H3,(H,38,40)(H,41,42)/t21-,22-/m0/s1. The number of hydrogen-bond donors (Lipinski definition) is 2. The largest absolute Gasteiger partial charge is 0.478 e. The van der Waals surface area contributed by atoms with Gasteiger partial charge in [-0.25, -0.2) is 14.2 Å². The van der Waals surface area contributed by atoms with Gasteiger partial charge in [-0.05, 0) is 76.3 Å². The molecular formula is C35H28FN3O3. The first-order valence-corrected chi connectivity index (χ1v) is 13.7. The summed E-state index contributed by atoms with van der Waals surface area (Å²) in [5, 5.41) is 14.6. The molecule has 7 heteroatoms. The monoisotopic (exact) mass is 557 g/mol. The average Bonchev–Trinajstić information content (AvgIpc) is 3.44. The summed E-state index contributed by atoms with van der Waals surface area (Å²) < 4.78 is 16.0. The van der Waals surface area contributed by atoms with Crippen LogP contribution in [0.2, 0.25) is 0 Å². The lowest BCUT2D eigenvalue weighted by atomic mass is 9.97. The summed E-state index contributed by atoms with van der Waals surface area (Å²) in [5.41, 5.74) is 4.41. The Bertz CT molecular complexity index is 1960. The molecule has 0 bridgehead atoms. The van der Waals surface area contributed by atoms with Gasteiger partial charge in [0, 0.05) is 5.92 Å². The molecule has 0 saturated carbocycles. The molecule has 0 aliphatic carbocycles. The summed E-state index contributed by atoms with van der Waals surface area (Å²) >= 11 is 0. The molecule has 0 aliphatic heterocycles. The van der Waals surface area contributed by atoms with Crippen LogP contribution in [0, 0.1) is 5.82 Å². The fourth-order valence-corrected chi connectivity index (χ4v) is 5.36. The number of aromatic nitrogens is 2. The van der Waals surface area contributed by atoms with E-state index in [1.165, 1.54) is 24.3 Å². The van der Waals surface area contributed by atoms with Gasteiger partial charge in [0.25, 0.3) is 5.91 Å². The number of carboxylic acid groups (broad SMARTS) is 1. The number of carboxylic acids is 1. The summed E-state index contributed by atoms with van der Waals surface area (Å²) in [7, 11) is 0. The van der Waals surface area contributed by atoms with E-state index < -0.39 is 12.0 Å². The van der Waals surface area contributed by atoms with Gasteiger partial charge in [0.2, 0.25) is 0 Å². The molecule has 2 aromatic heterocycles. The molecule has 2 N–H and O–H groups in total. The van der Waals surface area contributed by atoms with E-state index in [0.29, 0.717) is 28.2 Å². The van der Waals surface area contributed by atoms with Crippen LogP contribution in [0.5, 0.6) is 0 Å². The van der Waals surface area contributed by atoms with E-state index in [1.54, 1.807) is 36.5 Å². The van der Waals surface area contributed by atoms with Gasteiger partial charge in [-0.3, -0.25) is 9.20 Å². The van der Waals surface area contributed by atoms with Crippen molar-refractivity contribution in [3.8, 4) is 11.1 Å². The number of halogens is 1. The molecule has 6 nitrogen and oxygen atoms in total. The summed E-state index contributed by atoms with van der Waals surface area (Å²) in [4.78, 5) is 30.0. The second-order valence-electron chi connectivity index (χ2n) is 10.5. The van der Waals surface area contributed by atoms with Crippen molar-refractivity contribution >= 4 is 28.2 Å². The van der Waals surface area contributed by atoms with Crippen molar-refractivity contribution in [2.45, 2.75) is 25.8 Å². The predicted octanol–water partition coefficient (Wildman–Crippen LogP) is 7.63. The number of carbonyl (C=O) groups is 2. The van der Waals surface area contributed by atoms with Crippen LogP contribution in [0.1, 0.15) is 63.6 Å². The molecule has 208 valence electrons. The first kappa shape index (κ1) is 26.9. The average molecular weight is 558 g/mol. The molecule has 0 aliphatic rings. The van der Waals surface area contributed by atoms with E-state index in [0.717, 1.165) is 21.9 Å². The maximum atomic E-state index is 14.1.